The number of rotatable bonds is 7. The maximum atomic E-state index is 13.9. The summed E-state index contributed by atoms with van der Waals surface area (Å²) in [7, 11) is 0. The molecule has 2 aromatic carbocycles. The van der Waals surface area contributed by atoms with Crippen molar-refractivity contribution in [3.8, 4) is 11.5 Å². The molecule has 0 aliphatic carbocycles. The lowest BCUT2D eigenvalue weighted by Crippen LogP contribution is -2.44. The first-order valence-electron chi connectivity index (χ1n) is 11.6. The van der Waals surface area contributed by atoms with Crippen molar-refractivity contribution < 1.29 is 18.6 Å². The summed E-state index contributed by atoms with van der Waals surface area (Å²) in [5.41, 5.74) is 1.93. The molecule has 2 fully saturated rings. The first-order chi connectivity index (χ1) is 16.2. The molecule has 2 aliphatic rings. The molecule has 0 saturated carbocycles. The van der Waals surface area contributed by atoms with Gasteiger partial charge in [-0.1, -0.05) is 36.4 Å². The van der Waals surface area contributed by atoms with Gasteiger partial charge in [0.1, 0.15) is 18.5 Å². The second kappa shape index (κ2) is 9.89. The van der Waals surface area contributed by atoms with E-state index in [4.69, 9.17) is 14.2 Å². The molecular weight excluding hydrogens is 419 g/mol. The molecule has 1 atom stereocenters. The Balaban J connectivity index is 1.14. The van der Waals surface area contributed by atoms with Crippen LogP contribution >= 0.6 is 0 Å². The summed E-state index contributed by atoms with van der Waals surface area (Å²) in [5, 5.41) is 0. The minimum atomic E-state index is -0.322. The number of piperidine rings is 1. The molecule has 2 aliphatic heterocycles. The zero-order chi connectivity index (χ0) is 22.5. The van der Waals surface area contributed by atoms with Crippen molar-refractivity contribution >= 4 is 0 Å². The van der Waals surface area contributed by atoms with Crippen LogP contribution in [-0.2, 0) is 17.9 Å². The minimum absolute atomic E-state index is 0.103. The van der Waals surface area contributed by atoms with E-state index >= 15 is 0 Å². The SMILES string of the molecule is Fc1ccccc1O[C@H]1COC2(CCN(Cc3ccccc3OCc3ccccn3)CC2)C1. The minimum Gasteiger partial charge on any atom is -0.487 e. The number of ether oxygens (including phenoxy) is 3. The molecule has 5 nitrogen and oxygen atoms in total. The Morgan fingerprint density at radius 2 is 1.73 bits per heavy atom. The summed E-state index contributed by atoms with van der Waals surface area (Å²) >= 11 is 0. The van der Waals surface area contributed by atoms with Crippen LogP contribution in [0.4, 0.5) is 4.39 Å². The topological polar surface area (TPSA) is 43.8 Å². The summed E-state index contributed by atoms with van der Waals surface area (Å²) in [4.78, 5) is 6.78. The van der Waals surface area contributed by atoms with Gasteiger partial charge in [-0.05, 0) is 43.2 Å². The van der Waals surface area contributed by atoms with Crippen LogP contribution in [0.5, 0.6) is 11.5 Å². The van der Waals surface area contributed by atoms with Crippen LogP contribution in [0.15, 0.2) is 72.9 Å². The van der Waals surface area contributed by atoms with E-state index in [0.29, 0.717) is 19.0 Å². The molecule has 33 heavy (non-hydrogen) atoms. The molecule has 3 aromatic rings. The lowest BCUT2D eigenvalue weighted by atomic mass is 9.88. The highest BCUT2D eigenvalue weighted by Gasteiger charge is 2.43. The molecule has 1 aromatic heterocycles. The maximum Gasteiger partial charge on any atom is 0.165 e. The average molecular weight is 449 g/mol. The van der Waals surface area contributed by atoms with Gasteiger partial charge >= 0.3 is 0 Å². The molecule has 0 radical (unpaired) electrons. The third-order valence-electron chi connectivity index (χ3n) is 6.54. The number of halogens is 1. The predicted molar refractivity (Wildman–Crippen MR) is 124 cm³/mol. The number of nitrogens with zero attached hydrogens (tertiary/aromatic N) is 2. The number of likely N-dealkylation sites (tertiary alicyclic amines) is 1. The lowest BCUT2D eigenvalue weighted by molar-refractivity contribution is -0.0455. The Morgan fingerprint density at radius 1 is 0.970 bits per heavy atom. The number of aromatic nitrogens is 1. The van der Waals surface area contributed by atoms with Gasteiger partial charge in [0.25, 0.3) is 0 Å². The summed E-state index contributed by atoms with van der Waals surface area (Å²) in [6.45, 7) is 3.70. The van der Waals surface area contributed by atoms with E-state index in [1.807, 2.05) is 30.3 Å². The Morgan fingerprint density at radius 3 is 2.52 bits per heavy atom. The lowest BCUT2D eigenvalue weighted by Gasteiger charge is -2.38. The van der Waals surface area contributed by atoms with Crippen molar-refractivity contribution in [1.82, 2.24) is 9.88 Å². The highest BCUT2D eigenvalue weighted by molar-refractivity contribution is 5.33. The average Bonchev–Trinajstić information content (AvgIpc) is 3.24. The van der Waals surface area contributed by atoms with Gasteiger partial charge in [0, 0.05) is 37.8 Å². The van der Waals surface area contributed by atoms with Crippen LogP contribution in [-0.4, -0.2) is 41.3 Å². The van der Waals surface area contributed by atoms with E-state index in [-0.39, 0.29) is 17.5 Å². The van der Waals surface area contributed by atoms with Crippen LogP contribution < -0.4 is 9.47 Å². The standard InChI is InChI=1S/C27H29FN2O3/c28-24-9-2-4-11-26(24)33-23-17-27(32-20-23)12-15-30(16-13-27)18-21-7-1-3-10-25(21)31-19-22-8-5-6-14-29-22/h1-11,14,23H,12-13,15-20H2/t23-/m1/s1. The molecule has 172 valence electrons. The van der Waals surface area contributed by atoms with Crippen molar-refractivity contribution in [1.29, 1.82) is 0 Å². The van der Waals surface area contributed by atoms with Crippen molar-refractivity contribution in [3.05, 3.63) is 90.0 Å². The van der Waals surface area contributed by atoms with Gasteiger partial charge in [-0.2, -0.15) is 0 Å². The van der Waals surface area contributed by atoms with Gasteiger partial charge in [0.15, 0.2) is 11.6 Å². The van der Waals surface area contributed by atoms with Gasteiger partial charge in [-0.25, -0.2) is 4.39 Å². The predicted octanol–water partition coefficient (Wildman–Crippen LogP) is 5.00. The highest BCUT2D eigenvalue weighted by Crippen LogP contribution is 2.38. The number of benzene rings is 2. The number of hydrogen-bond donors (Lipinski definition) is 0. The highest BCUT2D eigenvalue weighted by atomic mass is 19.1. The molecule has 5 rings (SSSR count). The zero-order valence-electron chi connectivity index (χ0n) is 18.7. The van der Waals surface area contributed by atoms with Gasteiger partial charge < -0.3 is 14.2 Å². The summed E-state index contributed by atoms with van der Waals surface area (Å²) in [5.74, 6) is 0.888. The monoisotopic (exact) mass is 448 g/mol. The molecule has 1 spiro atoms. The van der Waals surface area contributed by atoms with Gasteiger partial charge in [0.2, 0.25) is 0 Å². The van der Waals surface area contributed by atoms with E-state index in [1.165, 1.54) is 11.6 Å². The van der Waals surface area contributed by atoms with E-state index < -0.39 is 0 Å². The smallest absolute Gasteiger partial charge is 0.165 e. The second-order valence-electron chi connectivity index (χ2n) is 8.86. The molecule has 0 unspecified atom stereocenters. The quantitative estimate of drug-likeness (QED) is 0.509. The largest absolute Gasteiger partial charge is 0.487 e. The van der Waals surface area contributed by atoms with E-state index in [0.717, 1.165) is 50.3 Å². The van der Waals surface area contributed by atoms with Crippen LogP contribution in [0.25, 0.3) is 0 Å². The third-order valence-corrected chi connectivity index (χ3v) is 6.54. The molecule has 0 bridgehead atoms. The first kappa shape index (κ1) is 21.9. The fourth-order valence-electron chi connectivity index (χ4n) is 4.72. The van der Waals surface area contributed by atoms with Gasteiger partial charge in [-0.15, -0.1) is 0 Å². The summed E-state index contributed by atoms with van der Waals surface area (Å²) < 4.78 is 32.1. The molecule has 3 heterocycles. The van der Waals surface area contributed by atoms with E-state index in [2.05, 4.69) is 22.0 Å². The second-order valence-corrected chi connectivity index (χ2v) is 8.86. The number of pyridine rings is 1. The van der Waals surface area contributed by atoms with E-state index in [9.17, 15) is 4.39 Å². The fraction of sp³-hybridized carbons (Fsp3) is 0.370. The third kappa shape index (κ3) is 5.34. The van der Waals surface area contributed by atoms with Crippen LogP contribution in [0, 0.1) is 5.82 Å². The number of hydrogen-bond acceptors (Lipinski definition) is 5. The van der Waals surface area contributed by atoms with E-state index in [1.54, 1.807) is 24.4 Å². The van der Waals surface area contributed by atoms with Gasteiger partial charge in [0.05, 0.1) is 17.9 Å². The van der Waals surface area contributed by atoms with Crippen molar-refractivity contribution in [2.24, 2.45) is 0 Å². The normalized spacial score (nSPS) is 20.1. The Bertz CT molecular complexity index is 1050. The fourth-order valence-corrected chi connectivity index (χ4v) is 4.72. The van der Waals surface area contributed by atoms with Crippen molar-refractivity contribution in [3.63, 3.8) is 0 Å². The summed E-state index contributed by atoms with van der Waals surface area (Å²) in [6.07, 6.45) is 4.38. The van der Waals surface area contributed by atoms with Gasteiger partial charge in [-0.3, -0.25) is 9.88 Å². The van der Waals surface area contributed by atoms with Crippen LogP contribution in [0.2, 0.25) is 0 Å². The zero-order valence-corrected chi connectivity index (χ0v) is 18.7. The van der Waals surface area contributed by atoms with Crippen molar-refractivity contribution in [2.45, 2.75) is 44.1 Å². The van der Waals surface area contributed by atoms with Crippen LogP contribution in [0.3, 0.4) is 0 Å². The van der Waals surface area contributed by atoms with Crippen molar-refractivity contribution in [2.75, 3.05) is 19.7 Å². The Kier molecular flexibility index (Phi) is 6.55. The molecule has 0 N–H and O–H groups in total. The first-order valence-corrected chi connectivity index (χ1v) is 11.6. The Hall–Kier alpha value is -2.96. The molecule has 6 heteroatoms. The number of para-hydroxylation sites is 2. The molecule has 2 saturated heterocycles. The van der Waals surface area contributed by atoms with Crippen LogP contribution in [0.1, 0.15) is 30.5 Å². The Labute approximate surface area is 194 Å². The summed E-state index contributed by atoms with van der Waals surface area (Å²) in [6, 6.07) is 20.6. The maximum absolute atomic E-state index is 13.9. The molecular formula is C27H29FN2O3. The molecule has 0 amide bonds.